The summed E-state index contributed by atoms with van der Waals surface area (Å²) in [6.45, 7) is 1.43. The number of nitrogens with zero attached hydrogens (tertiary/aromatic N) is 3. The van der Waals surface area contributed by atoms with Gasteiger partial charge in [-0.25, -0.2) is 0 Å². The SMILES string of the molecule is COCCn1cccc1[C@H]1[C@@H](c2ccccn2)NC(=S)N1CC(=O)Nc1ccccc1. The minimum absolute atomic E-state index is 0.128. The number of carbonyl (C=O) groups excluding carboxylic acids is 1. The van der Waals surface area contributed by atoms with Crippen molar-refractivity contribution in [2.24, 2.45) is 0 Å². The third-order valence-corrected chi connectivity index (χ3v) is 5.63. The summed E-state index contributed by atoms with van der Waals surface area (Å²) in [6.07, 6.45) is 3.79. The number of carbonyl (C=O) groups is 1. The van der Waals surface area contributed by atoms with Crippen LogP contribution in [0, 0.1) is 0 Å². The Morgan fingerprint density at radius 1 is 1.16 bits per heavy atom. The number of rotatable bonds is 8. The maximum Gasteiger partial charge on any atom is 0.244 e. The summed E-state index contributed by atoms with van der Waals surface area (Å²) in [4.78, 5) is 19.3. The lowest BCUT2D eigenvalue weighted by Crippen LogP contribution is -2.37. The topological polar surface area (TPSA) is 71.4 Å². The van der Waals surface area contributed by atoms with Crippen molar-refractivity contribution < 1.29 is 9.53 Å². The third-order valence-electron chi connectivity index (χ3n) is 5.27. The average Bonchev–Trinajstić information content (AvgIpc) is 3.37. The van der Waals surface area contributed by atoms with Gasteiger partial charge in [0.25, 0.3) is 0 Å². The first-order valence-corrected chi connectivity index (χ1v) is 10.5. The van der Waals surface area contributed by atoms with Gasteiger partial charge in [-0.2, -0.15) is 0 Å². The fourth-order valence-corrected chi connectivity index (χ4v) is 4.17. The Balaban J connectivity index is 1.63. The monoisotopic (exact) mass is 435 g/mol. The molecule has 31 heavy (non-hydrogen) atoms. The number of hydrogen-bond acceptors (Lipinski definition) is 4. The van der Waals surface area contributed by atoms with E-state index in [1.54, 1.807) is 13.3 Å². The number of methoxy groups -OCH3 is 1. The second-order valence-electron chi connectivity index (χ2n) is 7.29. The van der Waals surface area contributed by atoms with Gasteiger partial charge in [0.05, 0.1) is 24.4 Å². The average molecular weight is 436 g/mol. The first kappa shape index (κ1) is 21.0. The lowest BCUT2D eigenvalue weighted by atomic mass is 10.0. The predicted molar refractivity (Wildman–Crippen MR) is 124 cm³/mol. The number of anilines is 1. The normalized spacial score (nSPS) is 18.1. The standard InChI is InChI=1S/C23H25N5O2S/c1-30-15-14-27-13-7-11-19(27)22-21(18-10-5-6-12-24-18)26-23(31)28(22)16-20(29)25-17-8-3-2-4-9-17/h2-13,21-22H,14-16H2,1H3,(H,25,29)(H,26,31)/t21-,22+/m1/s1. The summed E-state index contributed by atoms with van der Waals surface area (Å²) in [5.41, 5.74) is 2.68. The number of hydrogen-bond donors (Lipinski definition) is 2. The number of amides is 1. The first-order valence-electron chi connectivity index (χ1n) is 10.1. The van der Waals surface area contributed by atoms with E-state index in [0.29, 0.717) is 18.3 Å². The number of aromatic nitrogens is 2. The van der Waals surface area contributed by atoms with E-state index < -0.39 is 0 Å². The van der Waals surface area contributed by atoms with Crippen LogP contribution in [0.1, 0.15) is 23.5 Å². The molecule has 0 spiro atoms. The quantitative estimate of drug-likeness (QED) is 0.530. The number of thiocarbonyl (C=S) groups is 1. The smallest absolute Gasteiger partial charge is 0.244 e. The fraction of sp³-hybridized carbons (Fsp3) is 0.261. The van der Waals surface area contributed by atoms with E-state index >= 15 is 0 Å². The number of pyridine rings is 1. The Kier molecular flexibility index (Phi) is 6.59. The van der Waals surface area contributed by atoms with Gasteiger partial charge in [0.15, 0.2) is 5.11 Å². The van der Waals surface area contributed by atoms with Crippen LogP contribution < -0.4 is 10.6 Å². The molecule has 3 aromatic rings. The largest absolute Gasteiger partial charge is 0.383 e. The molecule has 7 nitrogen and oxygen atoms in total. The molecule has 0 unspecified atom stereocenters. The summed E-state index contributed by atoms with van der Waals surface area (Å²) in [7, 11) is 1.69. The van der Waals surface area contributed by atoms with E-state index in [0.717, 1.165) is 17.1 Å². The van der Waals surface area contributed by atoms with Crippen LogP contribution >= 0.6 is 12.2 Å². The van der Waals surface area contributed by atoms with Crippen LogP contribution in [0.2, 0.25) is 0 Å². The van der Waals surface area contributed by atoms with E-state index in [-0.39, 0.29) is 24.5 Å². The van der Waals surface area contributed by atoms with Crippen molar-refractivity contribution in [1.82, 2.24) is 19.8 Å². The number of para-hydroxylation sites is 1. The molecule has 1 aliphatic heterocycles. The zero-order valence-corrected chi connectivity index (χ0v) is 18.1. The highest BCUT2D eigenvalue weighted by atomic mass is 32.1. The maximum absolute atomic E-state index is 12.8. The summed E-state index contributed by atoms with van der Waals surface area (Å²) in [5, 5.41) is 6.86. The van der Waals surface area contributed by atoms with Crippen LogP contribution in [0.4, 0.5) is 5.69 Å². The Labute approximate surface area is 187 Å². The van der Waals surface area contributed by atoms with Crippen molar-refractivity contribution in [3.05, 3.63) is 84.4 Å². The van der Waals surface area contributed by atoms with E-state index in [2.05, 4.69) is 26.3 Å². The summed E-state index contributed by atoms with van der Waals surface area (Å²) in [5.74, 6) is -0.128. The molecule has 1 amide bonds. The molecule has 160 valence electrons. The van der Waals surface area contributed by atoms with Crippen molar-refractivity contribution in [1.29, 1.82) is 0 Å². The van der Waals surface area contributed by atoms with Crippen LogP contribution in [0.25, 0.3) is 0 Å². The highest BCUT2D eigenvalue weighted by Crippen LogP contribution is 2.38. The Morgan fingerprint density at radius 3 is 2.71 bits per heavy atom. The molecule has 3 heterocycles. The van der Waals surface area contributed by atoms with Crippen LogP contribution in [0.5, 0.6) is 0 Å². The minimum atomic E-state index is -0.184. The molecule has 2 N–H and O–H groups in total. The van der Waals surface area contributed by atoms with E-state index in [1.807, 2.05) is 65.7 Å². The second-order valence-corrected chi connectivity index (χ2v) is 7.67. The van der Waals surface area contributed by atoms with Crippen LogP contribution in [-0.2, 0) is 16.1 Å². The maximum atomic E-state index is 12.8. The molecule has 0 radical (unpaired) electrons. The molecule has 1 saturated heterocycles. The molecule has 0 bridgehead atoms. The third kappa shape index (κ3) is 4.76. The molecule has 0 aliphatic carbocycles. The molecule has 4 rings (SSSR count). The summed E-state index contributed by atoms with van der Waals surface area (Å²) >= 11 is 5.66. The van der Waals surface area contributed by atoms with E-state index in [4.69, 9.17) is 17.0 Å². The van der Waals surface area contributed by atoms with Crippen molar-refractivity contribution in [3.8, 4) is 0 Å². The molecule has 8 heteroatoms. The molecule has 2 atom stereocenters. The lowest BCUT2D eigenvalue weighted by molar-refractivity contribution is -0.116. The van der Waals surface area contributed by atoms with Gasteiger partial charge in [-0.1, -0.05) is 24.3 Å². The van der Waals surface area contributed by atoms with Gasteiger partial charge in [0, 0.05) is 37.4 Å². The van der Waals surface area contributed by atoms with E-state index in [1.165, 1.54) is 0 Å². The minimum Gasteiger partial charge on any atom is -0.383 e. The van der Waals surface area contributed by atoms with E-state index in [9.17, 15) is 4.79 Å². The number of nitrogens with one attached hydrogen (secondary N) is 2. The zero-order valence-electron chi connectivity index (χ0n) is 17.3. The second kappa shape index (κ2) is 9.72. The molecular formula is C23H25N5O2S. The molecule has 1 aliphatic rings. The number of benzene rings is 1. The van der Waals surface area contributed by atoms with Crippen molar-refractivity contribution >= 4 is 28.9 Å². The molecule has 2 aromatic heterocycles. The summed E-state index contributed by atoms with van der Waals surface area (Å²) < 4.78 is 7.41. The lowest BCUT2D eigenvalue weighted by Gasteiger charge is -2.28. The van der Waals surface area contributed by atoms with Gasteiger partial charge < -0.3 is 24.8 Å². The Bertz CT molecular complexity index is 1020. The van der Waals surface area contributed by atoms with Crippen LogP contribution in [0.3, 0.4) is 0 Å². The van der Waals surface area contributed by atoms with Gasteiger partial charge in [-0.3, -0.25) is 9.78 Å². The zero-order chi connectivity index (χ0) is 21.6. The van der Waals surface area contributed by atoms with Crippen molar-refractivity contribution in [3.63, 3.8) is 0 Å². The van der Waals surface area contributed by atoms with Crippen molar-refractivity contribution in [2.45, 2.75) is 18.6 Å². The molecule has 0 saturated carbocycles. The van der Waals surface area contributed by atoms with Gasteiger partial charge in [0.1, 0.15) is 6.54 Å². The van der Waals surface area contributed by atoms with Crippen LogP contribution in [0.15, 0.2) is 73.1 Å². The van der Waals surface area contributed by atoms with Gasteiger partial charge in [-0.15, -0.1) is 0 Å². The van der Waals surface area contributed by atoms with Gasteiger partial charge in [-0.05, 0) is 48.6 Å². The Hall–Kier alpha value is -3.23. The molecular weight excluding hydrogens is 410 g/mol. The molecule has 1 aromatic carbocycles. The highest BCUT2D eigenvalue weighted by Gasteiger charge is 2.41. The highest BCUT2D eigenvalue weighted by molar-refractivity contribution is 7.80. The van der Waals surface area contributed by atoms with Gasteiger partial charge >= 0.3 is 0 Å². The van der Waals surface area contributed by atoms with Gasteiger partial charge in [0.2, 0.25) is 5.91 Å². The predicted octanol–water partition coefficient (Wildman–Crippen LogP) is 3.14. The van der Waals surface area contributed by atoms with Crippen molar-refractivity contribution in [2.75, 3.05) is 25.6 Å². The molecule has 1 fully saturated rings. The first-order chi connectivity index (χ1) is 15.2. The Morgan fingerprint density at radius 2 is 1.97 bits per heavy atom. The summed E-state index contributed by atoms with van der Waals surface area (Å²) in [6, 6.07) is 18.9. The van der Waals surface area contributed by atoms with Crippen LogP contribution in [-0.4, -0.2) is 45.7 Å². The number of ether oxygens (including phenoxy) is 1. The fourth-order valence-electron chi connectivity index (χ4n) is 3.86.